The van der Waals surface area contributed by atoms with E-state index in [1.807, 2.05) is 18.2 Å². The maximum Gasteiger partial charge on any atom is 0.433 e. The monoisotopic (exact) mass is 460 g/mol. The number of aromatic nitrogens is 2. The van der Waals surface area contributed by atoms with E-state index in [1.165, 1.54) is 0 Å². The number of carbonyl (C=O) groups excluding carboxylic acids is 1. The van der Waals surface area contributed by atoms with Gasteiger partial charge in [-0.15, -0.1) is 0 Å². The highest BCUT2D eigenvalue weighted by atomic mass is 19.4. The van der Waals surface area contributed by atoms with Crippen molar-refractivity contribution >= 4 is 5.97 Å². The summed E-state index contributed by atoms with van der Waals surface area (Å²) in [7, 11) is 0. The number of nitrogens with zero attached hydrogens (tertiary/aromatic N) is 2. The van der Waals surface area contributed by atoms with E-state index in [2.05, 4.69) is 9.97 Å². The van der Waals surface area contributed by atoms with Gasteiger partial charge in [-0.25, -0.2) is 4.98 Å². The van der Waals surface area contributed by atoms with Gasteiger partial charge in [-0.05, 0) is 43.2 Å². The Bertz CT molecular complexity index is 1040. The van der Waals surface area contributed by atoms with Crippen LogP contribution < -0.4 is 9.47 Å². The number of carbonyl (C=O) groups is 1. The molecule has 174 valence electrons. The summed E-state index contributed by atoms with van der Waals surface area (Å²) in [4.78, 5) is 19.1. The molecule has 0 atom stereocenters. The third-order valence-corrected chi connectivity index (χ3v) is 4.43. The van der Waals surface area contributed by atoms with Crippen LogP contribution in [0.15, 0.2) is 60.7 Å². The molecule has 0 aliphatic heterocycles. The maximum atomic E-state index is 13.4. The molecule has 6 nitrogen and oxygen atoms in total. The van der Waals surface area contributed by atoms with Crippen LogP contribution in [0.3, 0.4) is 0 Å². The highest BCUT2D eigenvalue weighted by molar-refractivity contribution is 5.69. The average molecular weight is 460 g/mol. The molecular formula is C24H23F3N2O4. The van der Waals surface area contributed by atoms with Gasteiger partial charge in [0, 0.05) is 18.1 Å². The molecule has 0 unspecified atom stereocenters. The average Bonchev–Trinajstić information content (AvgIpc) is 2.81. The molecule has 0 amide bonds. The second-order valence-electron chi connectivity index (χ2n) is 6.97. The Morgan fingerprint density at radius 1 is 0.970 bits per heavy atom. The van der Waals surface area contributed by atoms with Crippen molar-refractivity contribution in [3.05, 3.63) is 71.9 Å². The van der Waals surface area contributed by atoms with E-state index in [1.54, 1.807) is 43.3 Å². The van der Waals surface area contributed by atoms with Crippen molar-refractivity contribution in [3.8, 4) is 23.0 Å². The lowest BCUT2D eigenvalue weighted by molar-refractivity contribution is -0.143. The van der Waals surface area contributed by atoms with Crippen molar-refractivity contribution in [2.24, 2.45) is 0 Å². The first-order valence-corrected chi connectivity index (χ1v) is 10.4. The lowest BCUT2D eigenvalue weighted by atomic mass is 10.2. The van der Waals surface area contributed by atoms with Crippen LogP contribution in [0.1, 0.15) is 31.0 Å². The summed E-state index contributed by atoms with van der Waals surface area (Å²) in [5.74, 6) is -0.0595. The molecule has 0 spiro atoms. The van der Waals surface area contributed by atoms with Crippen molar-refractivity contribution in [1.82, 2.24) is 9.97 Å². The quantitative estimate of drug-likeness (QED) is 0.295. The topological polar surface area (TPSA) is 70.5 Å². The molecule has 0 bridgehead atoms. The molecule has 3 rings (SSSR count). The SMILES string of the molecule is CCOC(=O)CCCOc1ccc(-c2nc(OCc3ccccc3)cc(C(F)(F)F)n2)cc1. The summed E-state index contributed by atoms with van der Waals surface area (Å²) >= 11 is 0. The first kappa shape index (κ1) is 24.0. The lowest BCUT2D eigenvalue weighted by Gasteiger charge is -2.12. The van der Waals surface area contributed by atoms with Crippen molar-refractivity contribution < 1.29 is 32.2 Å². The van der Waals surface area contributed by atoms with Crippen molar-refractivity contribution in [2.75, 3.05) is 13.2 Å². The Hall–Kier alpha value is -3.62. The molecule has 1 aromatic heterocycles. The minimum atomic E-state index is -4.65. The predicted molar refractivity (Wildman–Crippen MR) is 115 cm³/mol. The summed E-state index contributed by atoms with van der Waals surface area (Å²) in [5.41, 5.74) is 0.0927. The van der Waals surface area contributed by atoms with E-state index in [0.29, 0.717) is 30.9 Å². The Morgan fingerprint density at radius 2 is 1.70 bits per heavy atom. The van der Waals surface area contributed by atoms with E-state index in [-0.39, 0.29) is 30.7 Å². The zero-order chi connectivity index (χ0) is 23.7. The largest absolute Gasteiger partial charge is 0.494 e. The molecule has 0 N–H and O–H groups in total. The van der Waals surface area contributed by atoms with E-state index in [4.69, 9.17) is 14.2 Å². The van der Waals surface area contributed by atoms with Crippen molar-refractivity contribution in [2.45, 2.75) is 32.5 Å². The number of esters is 1. The van der Waals surface area contributed by atoms with Gasteiger partial charge in [0.05, 0.1) is 13.2 Å². The van der Waals surface area contributed by atoms with Crippen LogP contribution in [0.4, 0.5) is 13.2 Å². The lowest BCUT2D eigenvalue weighted by Crippen LogP contribution is -2.11. The normalized spacial score (nSPS) is 11.2. The molecule has 0 fully saturated rings. The van der Waals surface area contributed by atoms with Gasteiger partial charge in [-0.2, -0.15) is 18.2 Å². The number of alkyl halides is 3. The van der Waals surface area contributed by atoms with E-state index < -0.39 is 11.9 Å². The van der Waals surface area contributed by atoms with Crippen LogP contribution in [-0.4, -0.2) is 29.2 Å². The summed E-state index contributed by atoms with van der Waals surface area (Å²) in [6, 6.07) is 16.2. The van der Waals surface area contributed by atoms with E-state index in [9.17, 15) is 18.0 Å². The van der Waals surface area contributed by atoms with Crippen LogP contribution in [0.2, 0.25) is 0 Å². The van der Waals surface area contributed by atoms with Crippen molar-refractivity contribution in [1.29, 1.82) is 0 Å². The highest BCUT2D eigenvalue weighted by Gasteiger charge is 2.34. The first-order chi connectivity index (χ1) is 15.8. The van der Waals surface area contributed by atoms with E-state index >= 15 is 0 Å². The fourth-order valence-electron chi connectivity index (χ4n) is 2.84. The number of rotatable bonds is 10. The molecule has 1 heterocycles. The second-order valence-corrected chi connectivity index (χ2v) is 6.97. The maximum absolute atomic E-state index is 13.4. The molecular weight excluding hydrogens is 437 g/mol. The molecule has 3 aromatic rings. The van der Waals surface area contributed by atoms with Gasteiger partial charge in [0.1, 0.15) is 12.4 Å². The molecule has 2 aromatic carbocycles. The minimum Gasteiger partial charge on any atom is -0.494 e. The van der Waals surface area contributed by atoms with Crippen LogP contribution in [0.5, 0.6) is 11.6 Å². The fraction of sp³-hybridized carbons (Fsp3) is 0.292. The minimum absolute atomic E-state index is 0.0766. The van der Waals surface area contributed by atoms with Crippen LogP contribution in [-0.2, 0) is 22.3 Å². The second kappa shape index (κ2) is 11.3. The molecule has 9 heteroatoms. The number of halogens is 3. The Labute approximate surface area is 189 Å². The Balaban J connectivity index is 1.69. The Kier molecular flexibility index (Phi) is 8.23. The van der Waals surface area contributed by atoms with Gasteiger partial charge in [-0.1, -0.05) is 30.3 Å². The molecule has 33 heavy (non-hydrogen) atoms. The van der Waals surface area contributed by atoms with Crippen LogP contribution in [0, 0.1) is 0 Å². The Morgan fingerprint density at radius 3 is 2.36 bits per heavy atom. The first-order valence-electron chi connectivity index (χ1n) is 10.4. The fourth-order valence-corrected chi connectivity index (χ4v) is 2.84. The molecule has 0 radical (unpaired) electrons. The molecule has 0 aliphatic rings. The highest BCUT2D eigenvalue weighted by Crippen LogP contribution is 2.32. The summed E-state index contributed by atoms with van der Waals surface area (Å²) in [6.07, 6.45) is -3.92. The standard InChI is InChI=1S/C24H23F3N2O4/c1-2-31-22(30)9-6-14-32-19-12-10-18(11-13-19)23-28-20(24(25,26)27)15-21(29-23)33-16-17-7-4-3-5-8-17/h3-5,7-8,10-13,15H,2,6,9,14,16H2,1H3. The summed E-state index contributed by atoms with van der Waals surface area (Å²) in [5, 5.41) is 0. The van der Waals surface area contributed by atoms with Gasteiger partial charge in [0.2, 0.25) is 5.88 Å². The smallest absolute Gasteiger partial charge is 0.433 e. The number of hydrogen-bond donors (Lipinski definition) is 0. The van der Waals surface area contributed by atoms with E-state index in [0.717, 1.165) is 11.6 Å². The molecule has 0 saturated heterocycles. The zero-order valence-electron chi connectivity index (χ0n) is 18.0. The predicted octanol–water partition coefficient (Wildman–Crippen LogP) is 5.46. The van der Waals surface area contributed by atoms with Gasteiger partial charge < -0.3 is 14.2 Å². The molecule has 0 aliphatic carbocycles. The third kappa shape index (κ3) is 7.48. The van der Waals surface area contributed by atoms with Gasteiger partial charge >= 0.3 is 12.1 Å². The summed E-state index contributed by atoms with van der Waals surface area (Å²) < 4.78 is 56.0. The van der Waals surface area contributed by atoms with Gasteiger partial charge in [0.25, 0.3) is 0 Å². The number of ether oxygens (including phenoxy) is 3. The van der Waals surface area contributed by atoms with Crippen molar-refractivity contribution in [3.63, 3.8) is 0 Å². The van der Waals surface area contributed by atoms with Gasteiger partial charge in [-0.3, -0.25) is 4.79 Å². The third-order valence-electron chi connectivity index (χ3n) is 4.43. The number of hydrogen-bond acceptors (Lipinski definition) is 6. The van der Waals surface area contributed by atoms with Crippen LogP contribution in [0.25, 0.3) is 11.4 Å². The zero-order valence-corrected chi connectivity index (χ0v) is 18.0. The number of benzene rings is 2. The van der Waals surface area contributed by atoms with Gasteiger partial charge in [0.15, 0.2) is 11.5 Å². The summed E-state index contributed by atoms with van der Waals surface area (Å²) in [6.45, 7) is 2.45. The molecule has 0 saturated carbocycles. The van der Waals surface area contributed by atoms with Crippen LogP contribution >= 0.6 is 0 Å².